The van der Waals surface area contributed by atoms with E-state index in [-0.39, 0.29) is 10.8 Å². The van der Waals surface area contributed by atoms with Crippen molar-refractivity contribution in [2.45, 2.75) is 38.5 Å². The molecule has 4 nitrogen and oxygen atoms in total. The lowest BCUT2D eigenvalue weighted by Gasteiger charge is -2.28. The molecular weight excluding hydrogens is 969 g/mol. The van der Waals surface area contributed by atoms with E-state index >= 15 is 0 Å². The van der Waals surface area contributed by atoms with Crippen LogP contribution in [0.25, 0.3) is 88.0 Å². The van der Waals surface area contributed by atoms with Gasteiger partial charge in [-0.05, 0) is 164 Å². The Balaban J connectivity index is 0.907. The lowest BCUT2D eigenvalue weighted by atomic mass is 9.82. The van der Waals surface area contributed by atoms with Crippen LogP contribution in [0.5, 0.6) is 0 Å². The number of hydrogen-bond acceptors (Lipinski definition) is 2. The highest BCUT2D eigenvalue weighted by Crippen LogP contribution is 2.53. The zero-order chi connectivity index (χ0) is 53.4. The molecule has 4 heteroatoms. The van der Waals surface area contributed by atoms with Crippen LogP contribution in [0.1, 0.15) is 49.9 Å². The molecule has 0 N–H and O–H groups in total. The van der Waals surface area contributed by atoms with E-state index in [1.165, 1.54) is 87.9 Å². The van der Waals surface area contributed by atoms with Crippen LogP contribution < -0.4 is 9.80 Å². The number of hydrogen-bond donors (Lipinski definition) is 0. The van der Waals surface area contributed by atoms with Crippen LogP contribution in [-0.4, -0.2) is 9.13 Å². The highest BCUT2D eigenvalue weighted by molar-refractivity contribution is 6.30. The van der Waals surface area contributed by atoms with Gasteiger partial charge in [0, 0.05) is 77.9 Å². The number of rotatable bonds is 8. The number of para-hydroxylation sites is 4. The molecule has 16 rings (SSSR count). The minimum Gasteiger partial charge on any atom is -0.310 e. The van der Waals surface area contributed by atoms with Gasteiger partial charge in [0.1, 0.15) is 0 Å². The molecule has 380 valence electrons. The van der Waals surface area contributed by atoms with E-state index in [0.29, 0.717) is 0 Å². The molecule has 12 aromatic carbocycles. The summed E-state index contributed by atoms with van der Waals surface area (Å²) in [6, 6.07) is 99.1. The van der Waals surface area contributed by atoms with Crippen molar-refractivity contribution in [3.63, 3.8) is 0 Å². The van der Waals surface area contributed by atoms with Crippen molar-refractivity contribution in [3.05, 3.63) is 289 Å². The highest BCUT2D eigenvalue weighted by Gasteiger charge is 2.37. The molecule has 2 aromatic heterocycles. The third kappa shape index (κ3) is 6.69. The molecule has 0 saturated heterocycles. The molecule has 2 heterocycles. The summed E-state index contributed by atoms with van der Waals surface area (Å²) < 4.78 is 4.94. The topological polar surface area (TPSA) is 16.3 Å². The fraction of sp³-hybridized carbons (Fsp3) is 0.0789. The Morgan fingerprint density at radius 1 is 0.250 bits per heavy atom. The van der Waals surface area contributed by atoms with E-state index in [4.69, 9.17) is 0 Å². The molecule has 2 aliphatic rings. The Labute approximate surface area is 466 Å². The fourth-order valence-electron chi connectivity index (χ4n) is 14.1. The molecule has 0 unspecified atom stereocenters. The van der Waals surface area contributed by atoms with E-state index in [2.05, 4.69) is 314 Å². The average Bonchev–Trinajstić information content (AvgIpc) is 4.30. The SMILES string of the molecule is CC1(C)c2ccccc2-c2ccc(N(c3ccccc3)c3ccc4c5c6ccc7c(c6ccc5n(-c5ccccc5)c4c3)c3ccc(N(c4ccccc4)c4ccc5c(c4)C(C)(C)c4ccccc4-5)cc3n7-c3ccccc3)cc21. The number of fused-ring (bicyclic) bond motifs is 15. The first-order valence-electron chi connectivity index (χ1n) is 28.0. The summed E-state index contributed by atoms with van der Waals surface area (Å²) in [5, 5.41) is 7.37. The second-order valence-corrected chi connectivity index (χ2v) is 22.9. The third-order valence-electron chi connectivity index (χ3n) is 17.8. The van der Waals surface area contributed by atoms with E-state index in [9.17, 15) is 0 Å². The van der Waals surface area contributed by atoms with Crippen molar-refractivity contribution in [1.82, 2.24) is 9.13 Å². The van der Waals surface area contributed by atoms with Crippen LogP contribution in [0.2, 0.25) is 0 Å². The van der Waals surface area contributed by atoms with Gasteiger partial charge in [-0.3, -0.25) is 0 Å². The van der Waals surface area contributed by atoms with Crippen molar-refractivity contribution in [3.8, 4) is 33.6 Å². The van der Waals surface area contributed by atoms with Gasteiger partial charge >= 0.3 is 0 Å². The maximum absolute atomic E-state index is 2.47. The number of nitrogens with zero attached hydrogens (tertiary/aromatic N) is 4. The minimum atomic E-state index is -0.132. The van der Waals surface area contributed by atoms with Crippen molar-refractivity contribution < 1.29 is 0 Å². The van der Waals surface area contributed by atoms with E-state index in [0.717, 1.165) is 56.5 Å². The quantitative estimate of drug-likeness (QED) is 0.151. The van der Waals surface area contributed by atoms with Crippen LogP contribution in [0.4, 0.5) is 34.1 Å². The molecule has 80 heavy (non-hydrogen) atoms. The minimum absolute atomic E-state index is 0.132. The van der Waals surface area contributed by atoms with Crippen molar-refractivity contribution in [1.29, 1.82) is 0 Å². The van der Waals surface area contributed by atoms with Crippen LogP contribution in [-0.2, 0) is 10.8 Å². The van der Waals surface area contributed by atoms with Gasteiger partial charge in [-0.2, -0.15) is 0 Å². The summed E-state index contributed by atoms with van der Waals surface area (Å²) in [6.07, 6.45) is 0. The van der Waals surface area contributed by atoms with Crippen molar-refractivity contribution >= 4 is 88.5 Å². The average molecular weight is 1030 g/mol. The normalized spacial score (nSPS) is 13.7. The van der Waals surface area contributed by atoms with Gasteiger partial charge in [0.2, 0.25) is 0 Å². The summed E-state index contributed by atoms with van der Waals surface area (Å²) in [4.78, 5) is 4.87. The van der Waals surface area contributed by atoms with Gasteiger partial charge in [-0.25, -0.2) is 0 Å². The maximum Gasteiger partial charge on any atom is 0.0562 e. The molecule has 0 aliphatic heterocycles. The number of benzene rings is 12. The first-order chi connectivity index (χ1) is 39.2. The van der Waals surface area contributed by atoms with Crippen LogP contribution in [0, 0.1) is 0 Å². The first-order valence-corrected chi connectivity index (χ1v) is 28.0. The maximum atomic E-state index is 2.47. The van der Waals surface area contributed by atoms with Crippen LogP contribution in [0.3, 0.4) is 0 Å². The standard InChI is InChI=1S/C76H56N4/c1-75(2)65-31-19-17-29-57(65)59-37-33-53(45-67(59)75)77(49-21-9-5-10-22-49)55-35-39-63-71(47-55)79(51-25-13-7-14-26-51)69-43-41-62-61(73(63)69)42-44-70-74(62)64-40-36-56(48-72(64)80(70)52-27-15-8-16-28-52)78(50-23-11-6-12-24-50)54-34-38-60-58-30-18-20-32-66(58)76(3,4)68(60)46-54/h5-48H,1-4H3. The molecule has 14 aromatic rings. The number of anilines is 6. The summed E-state index contributed by atoms with van der Waals surface area (Å²) in [7, 11) is 0. The molecule has 0 amide bonds. The van der Waals surface area contributed by atoms with Gasteiger partial charge in [0.15, 0.2) is 0 Å². The predicted octanol–water partition coefficient (Wildman–Crippen LogP) is 20.6. The first kappa shape index (κ1) is 46.2. The summed E-state index contributed by atoms with van der Waals surface area (Å²) >= 11 is 0. The largest absolute Gasteiger partial charge is 0.310 e. The lowest BCUT2D eigenvalue weighted by Crippen LogP contribution is -2.16. The molecule has 2 aliphatic carbocycles. The summed E-state index contributed by atoms with van der Waals surface area (Å²) in [5.74, 6) is 0. The third-order valence-corrected chi connectivity index (χ3v) is 17.8. The van der Waals surface area contributed by atoms with Gasteiger partial charge in [0.05, 0.1) is 22.1 Å². The van der Waals surface area contributed by atoms with Crippen LogP contribution in [0.15, 0.2) is 267 Å². The van der Waals surface area contributed by atoms with Gasteiger partial charge in [0.25, 0.3) is 0 Å². The number of aromatic nitrogens is 2. The van der Waals surface area contributed by atoms with E-state index in [1.54, 1.807) is 0 Å². The van der Waals surface area contributed by atoms with Crippen molar-refractivity contribution in [2.75, 3.05) is 9.80 Å². The van der Waals surface area contributed by atoms with Gasteiger partial charge in [-0.15, -0.1) is 0 Å². The second kappa shape index (κ2) is 17.3. The Kier molecular flexibility index (Phi) is 9.99. The highest BCUT2D eigenvalue weighted by atomic mass is 15.2. The Bertz CT molecular complexity index is 4510. The Morgan fingerprint density at radius 2 is 0.575 bits per heavy atom. The fourth-order valence-corrected chi connectivity index (χ4v) is 14.1. The second-order valence-electron chi connectivity index (χ2n) is 22.9. The molecule has 0 bridgehead atoms. The lowest BCUT2D eigenvalue weighted by molar-refractivity contribution is 0.660. The zero-order valence-corrected chi connectivity index (χ0v) is 45.2. The molecule has 0 saturated carbocycles. The molecule has 0 atom stereocenters. The monoisotopic (exact) mass is 1020 g/mol. The van der Waals surface area contributed by atoms with Gasteiger partial charge in [-0.1, -0.05) is 185 Å². The summed E-state index contributed by atoms with van der Waals surface area (Å²) in [6.45, 7) is 9.46. The molecule has 0 spiro atoms. The molecular formula is C76H56N4. The Morgan fingerprint density at radius 3 is 0.988 bits per heavy atom. The predicted molar refractivity (Wildman–Crippen MR) is 337 cm³/mol. The molecule has 0 radical (unpaired) electrons. The Hall–Kier alpha value is -9.90. The molecule has 0 fully saturated rings. The van der Waals surface area contributed by atoms with Gasteiger partial charge < -0.3 is 18.9 Å². The zero-order valence-electron chi connectivity index (χ0n) is 45.2. The summed E-state index contributed by atoms with van der Waals surface area (Å²) in [5.41, 5.74) is 24.1. The van der Waals surface area contributed by atoms with Crippen molar-refractivity contribution in [2.24, 2.45) is 0 Å². The smallest absolute Gasteiger partial charge is 0.0562 e. The van der Waals surface area contributed by atoms with Crippen LogP contribution >= 0.6 is 0 Å². The van der Waals surface area contributed by atoms with E-state index < -0.39 is 0 Å². The van der Waals surface area contributed by atoms with E-state index in [1.807, 2.05) is 0 Å².